The number of ether oxygens (including phenoxy) is 1. The molecule has 1 aliphatic carbocycles. The fraction of sp³-hybridized carbons (Fsp3) is 0.500. The van der Waals surface area contributed by atoms with Crippen LogP contribution in [0.2, 0.25) is 0 Å². The zero-order valence-electron chi connectivity index (χ0n) is 10.9. The second kappa shape index (κ2) is 4.92. The van der Waals surface area contributed by atoms with Gasteiger partial charge in [0.05, 0.1) is 0 Å². The minimum atomic E-state index is -0.440. The van der Waals surface area contributed by atoms with Crippen LogP contribution in [0, 0.1) is 0 Å². The van der Waals surface area contributed by atoms with Gasteiger partial charge >= 0.3 is 6.09 Å². The summed E-state index contributed by atoms with van der Waals surface area (Å²) in [6, 6.07) is 8.41. The number of carbonyl (C=O) groups is 1. The fourth-order valence-electron chi connectivity index (χ4n) is 1.92. The van der Waals surface area contributed by atoms with Gasteiger partial charge in [-0.15, -0.1) is 0 Å². The van der Waals surface area contributed by atoms with Gasteiger partial charge < -0.3 is 10.1 Å². The van der Waals surface area contributed by atoms with E-state index in [2.05, 4.69) is 33.4 Å². The van der Waals surface area contributed by atoms with Crippen molar-refractivity contribution in [3.8, 4) is 0 Å². The Balaban J connectivity index is 1.87. The van der Waals surface area contributed by atoms with Crippen molar-refractivity contribution in [2.75, 3.05) is 0 Å². The number of halogens is 1. The topological polar surface area (TPSA) is 38.3 Å². The Bertz CT molecular complexity index is 453. The lowest BCUT2D eigenvalue weighted by Crippen LogP contribution is -2.34. The molecule has 1 N–H and O–H groups in total. The van der Waals surface area contributed by atoms with Crippen molar-refractivity contribution in [2.45, 2.75) is 44.8 Å². The summed E-state index contributed by atoms with van der Waals surface area (Å²) in [5.74, 6) is 0.412. The van der Waals surface area contributed by atoms with Crippen LogP contribution < -0.4 is 5.32 Å². The Hall–Kier alpha value is -1.03. The first-order chi connectivity index (χ1) is 8.35. The van der Waals surface area contributed by atoms with E-state index in [1.807, 2.05) is 32.9 Å². The van der Waals surface area contributed by atoms with E-state index in [1.165, 1.54) is 5.56 Å². The molecule has 1 aromatic carbocycles. The summed E-state index contributed by atoms with van der Waals surface area (Å²) in [5.41, 5.74) is 0.815. The predicted molar refractivity (Wildman–Crippen MR) is 74.7 cm³/mol. The summed E-state index contributed by atoms with van der Waals surface area (Å²) >= 11 is 3.46. The summed E-state index contributed by atoms with van der Waals surface area (Å²) in [4.78, 5) is 11.6. The summed E-state index contributed by atoms with van der Waals surface area (Å²) in [6.07, 6.45) is 0.653. The fourth-order valence-corrected chi connectivity index (χ4v) is 2.34. The molecule has 0 saturated heterocycles. The van der Waals surface area contributed by atoms with Gasteiger partial charge in [-0.3, -0.25) is 0 Å². The first-order valence-corrected chi connectivity index (χ1v) is 6.89. The van der Waals surface area contributed by atoms with Crippen molar-refractivity contribution in [1.29, 1.82) is 0 Å². The average molecular weight is 312 g/mol. The number of rotatable bonds is 2. The molecule has 1 amide bonds. The molecule has 98 valence electrons. The largest absolute Gasteiger partial charge is 0.444 e. The second-order valence-electron chi connectivity index (χ2n) is 5.65. The molecule has 3 nitrogen and oxygen atoms in total. The molecule has 0 heterocycles. The van der Waals surface area contributed by atoms with Crippen molar-refractivity contribution < 1.29 is 9.53 Å². The lowest BCUT2D eigenvalue weighted by atomic mass is 10.1. The summed E-state index contributed by atoms with van der Waals surface area (Å²) in [5, 5.41) is 2.90. The molecule has 1 aromatic rings. The highest BCUT2D eigenvalue weighted by molar-refractivity contribution is 9.10. The third-order valence-corrected chi connectivity index (χ3v) is 3.26. The molecule has 4 heteroatoms. The molecule has 0 bridgehead atoms. The Kier molecular flexibility index (Phi) is 3.66. The quantitative estimate of drug-likeness (QED) is 0.901. The zero-order chi connectivity index (χ0) is 13.3. The molecule has 0 radical (unpaired) electrons. The van der Waals surface area contributed by atoms with Crippen LogP contribution in [-0.2, 0) is 4.74 Å². The Morgan fingerprint density at radius 2 is 2.17 bits per heavy atom. The van der Waals surface area contributed by atoms with Crippen molar-refractivity contribution in [2.24, 2.45) is 0 Å². The number of amides is 1. The SMILES string of the molecule is CC(C)(C)OC(=O)N[C@@H]1C[C@H]1c1cccc(Br)c1. The van der Waals surface area contributed by atoms with Crippen LogP contribution in [0.15, 0.2) is 28.7 Å². The van der Waals surface area contributed by atoms with E-state index in [1.54, 1.807) is 0 Å². The lowest BCUT2D eigenvalue weighted by molar-refractivity contribution is 0.0523. The zero-order valence-corrected chi connectivity index (χ0v) is 12.5. The second-order valence-corrected chi connectivity index (χ2v) is 6.57. The maximum absolute atomic E-state index is 11.6. The maximum atomic E-state index is 11.6. The molecular weight excluding hydrogens is 294 g/mol. The molecule has 1 saturated carbocycles. The van der Waals surface area contributed by atoms with E-state index in [9.17, 15) is 4.79 Å². The molecule has 0 aliphatic heterocycles. The van der Waals surface area contributed by atoms with Gasteiger partial charge in [0, 0.05) is 16.4 Å². The van der Waals surface area contributed by atoms with Crippen LogP contribution in [0.25, 0.3) is 0 Å². The van der Waals surface area contributed by atoms with Gasteiger partial charge in [0.1, 0.15) is 5.60 Å². The van der Waals surface area contributed by atoms with Gasteiger partial charge in [-0.1, -0.05) is 28.1 Å². The summed E-state index contributed by atoms with van der Waals surface area (Å²) in [6.45, 7) is 5.60. The van der Waals surface area contributed by atoms with E-state index in [-0.39, 0.29) is 12.1 Å². The Labute approximate surface area is 116 Å². The number of benzene rings is 1. The van der Waals surface area contributed by atoms with Crippen LogP contribution in [0.1, 0.15) is 38.7 Å². The minimum absolute atomic E-state index is 0.203. The molecular formula is C14H18BrNO2. The number of hydrogen-bond acceptors (Lipinski definition) is 2. The molecule has 0 unspecified atom stereocenters. The highest BCUT2D eigenvalue weighted by Crippen LogP contribution is 2.41. The molecule has 1 fully saturated rings. The first kappa shape index (κ1) is 13.4. The van der Waals surface area contributed by atoms with Crippen LogP contribution in [0.3, 0.4) is 0 Å². The highest BCUT2D eigenvalue weighted by atomic mass is 79.9. The third-order valence-electron chi connectivity index (χ3n) is 2.77. The van der Waals surface area contributed by atoms with E-state index < -0.39 is 5.60 Å². The molecule has 18 heavy (non-hydrogen) atoms. The van der Waals surface area contributed by atoms with Gasteiger partial charge in [0.2, 0.25) is 0 Å². The van der Waals surface area contributed by atoms with Crippen molar-refractivity contribution in [3.05, 3.63) is 34.3 Å². The normalized spacial score (nSPS) is 22.4. The van der Waals surface area contributed by atoms with Gasteiger partial charge in [0.25, 0.3) is 0 Å². The molecule has 2 rings (SSSR count). The summed E-state index contributed by atoms with van der Waals surface area (Å²) < 4.78 is 6.31. The Morgan fingerprint density at radius 3 is 2.78 bits per heavy atom. The van der Waals surface area contributed by atoms with Crippen LogP contribution >= 0.6 is 15.9 Å². The number of carbonyl (C=O) groups excluding carboxylic acids is 1. The van der Waals surface area contributed by atoms with Crippen LogP contribution in [0.5, 0.6) is 0 Å². The van der Waals surface area contributed by atoms with Gasteiger partial charge in [-0.2, -0.15) is 0 Å². The van der Waals surface area contributed by atoms with Crippen molar-refractivity contribution >= 4 is 22.0 Å². The van der Waals surface area contributed by atoms with E-state index in [4.69, 9.17) is 4.74 Å². The number of nitrogens with one attached hydrogen (secondary N) is 1. The van der Waals surface area contributed by atoms with Crippen molar-refractivity contribution in [3.63, 3.8) is 0 Å². The van der Waals surface area contributed by atoms with E-state index in [0.29, 0.717) is 5.92 Å². The maximum Gasteiger partial charge on any atom is 0.407 e. The Morgan fingerprint density at radius 1 is 1.44 bits per heavy atom. The van der Waals surface area contributed by atoms with Gasteiger partial charge in [0.15, 0.2) is 0 Å². The summed E-state index contributed by atoms with van der Waals surface area (Å²) in [7, 11) is 0. The van der Waals surface area contributed by atoms with E-state index in [0.717, 1.165) is 10.9 Å². The van der Waals surface area contributed by atoms with Crippen LogP contribution in [0.4, 0.5) is 4.79 Å². The smallest absolute Gasteiger partial charge is 0.407 e. The van der Waals surface area contributed by atoms with E-state index >= 15 is 0 Å². The number of hydrogen-bond donors (Lipinski definition) is 1. The molecule has 1 aliphatic rings. The van der Waals surface area contributed by atoms with Gasteiger partial charge in [-0.05, 0) is 44.9 Å². The molecule has 0 aromatic heterocycles. The highest BCUT2D eigenvalue weighted by Gasteiger charge is 2.40. The van der Waals surface area contributed by atoms with Crippen molar-refractivity contribution in [1.82, 2.24) is 5.32 Å². The van der Waals surface area contributed by atoms with Gasteiger partial charge in [-0.25, -0.2) is 4.79 Å². The molecule has 2 atom stereocenters. The van der Waals surface area contributed by atoms with Crippen LogP contribution in [-0.4, -0.2) is 17.7 Å². The standard InChI is InChI=1S/C14H18BrNO2/c1-14(2,3)18-13(17)16-12-8-11(12)9-5-4-6-10(15)7-9/h4-7,11-12H,8H2,1-3H3,(H,16,17)/t11-,12+/m0/s1. The lowest BCUT2D eigenvalue weighted by Gasteiger charge is -2.19. The molecule has 0 spiro atoms. The minimum Gasteiger partial charge on any atom is -0.444 e. The monoisotopic (exact) mass is 311 g/mol. The number of alkyl carbamates (subject to hydrolysis) is 1. The third kappa shape index (κ3) is 3.73. The predicted octanol–water partition coefficient (Wildman–Crippen LogP) is 3.83. The first-order valence-electron chi connectivity index (χ1n) is 6.10. The average Bonchev–Trinajstić information content (AvgIpc) is 2.93.